The number of amides is 1. The van der Waals surface area contributed by atoms with Crippen molar-refractivity contribution in [1.29, 1.82) is 0 Å². The van der Waals surface area contributed by atoms with E-state index in [0.29, 0.717) is 16.8 Å². The summed E-state index contributed by atoms with van der Waals surface area (Å²) >= 11 is 1.40. The van der Waals surface area contributed by atoms with E-state index in [1.54, 1.807) is 12.1 Å². The summed E-state index contributed by atoms with van der Waals surface area (Å²) in [5, 5.41) is 3.56. The van der Waals surface area contributed by atoms with Gasteiger partial charge in [0.2, 0.25) is 0 Å². The normalized spacial score (nSPS) is 10.5. The third-order valence-corrected chi connectivity index (χ3v) is 4.55. The van der Waals surface area contributed by atoms with Crippen LogP contribution in [0.5, 0.6) is 5.75 Å². The van der Waals surface area contributed by atoms with Gasteiger partial charge >= 0.3 is 5.97 Å². The quantitative estimate of drug-likeness (QED) is 0.722. The summed E-state index contributed by atoms with van der Waals surface area (Å²) in [6.07, 6.45) is 2.85. The largest absolute Gasteiger partial charge is 0.496 e. The average Bonchev–Trinajstić information content (AvgIpc) is 3.00. The fourth-order valence-electron chi connectivity index (χ4n) is 2.44. The Morgan fingerprint density at radius 1 is 1.20 bits per heavy atom. The molecule has 0 saturated heterocycles. The molecule has 1 aromatic carbocycles. The van der Waals surface area contributed by atoms with Gasteiger partial charge in [0.1, 0.15) is 11.3 Å². The Labute approximate surface area is 147 Å². The van der Waals surface area contributed by atoms with E-state index < -0.39 is 11.9 Å². The molecule has 0 aliphatic heterocycles. The van der Waals surface area contributed by atoms with Crippen LogP contribution < -0.4 is 10.1 Å². The Bertz CT molecular complexity index is 968. The zero-order valence-electron chi connectivity index (χ0n) is 13.8. The second-order valence-corrected chi connectivity index (χ2v) is 6.29. The van der Waals surface area contributed by atoms with Gasteiger partial charge in [-0.2, -0.15) is 0 Å². The zero-order valence-corrected chi connectivity index (χ0v) is 14.6. The summed E-state index contributed by atoms with van der Waals surface area (Å²) in [6.45, 7) is 1.87. The first kappa shape index (κ1) is 16.8. The number of nitrogens with one attached hydrogen (secondary N) is 1. The van der Waals surface area contributed by atoms with E-state index in [1.807, 2.05) is 6.92 Å². The van der Waals surface area contributed by atoms with Gasteiger partial charge in [0, 0.05) is 6.20 Å². The topological polar surface area (TPSA) is 90.4 Å². The molecule has 0 bridgehead atoms. The molecule has 0 saturated carbocycles. The Kier molecular flexibility index (Phi) is 4.62. The second kappa shape index (κ2) is 6.86. The van der Waals surface area contributed by atoms with Crippen molar-refractivity contribution in [1.82, 2.24) is 9.97 Å². The van der Waals surface area contributed by atoms with Crippen molar-refractivity contribution in [2.75, 3.05) is 19.5 Å². The van der Waals surface area contributed by atoms with Crippen LogP contribution in [0.25, 0.3) is 10.2 Å². The minimum absolute atomic E-state index is 0.220. The van der Waals surface area contributed by atoms with Crippen LogP contribution in [0.4, 0.5) is 5.69 Å². The first-order valence-corrected chi connectivity index (χ1v) is 8.14. The fourth-order valence-corrected chi connectivity index (χ4v) is 3.39. The molecule has 2 aromatic heterocycles. The zero-order chi connectivity index (χ0) is 18.0. The molecule has 0 spiro atoms. The molecular formula is C17H15N3O4S. The van der Waals surface area contributed by atoms with Crippen molar-refractivity contribution >= 4 is 39.1 Å². The number of fused-ring (bicyclic) bond motifs is 1. The van der Waals surface area contributed by atoms with Crippen molar-refractivity contribution in [3.05, 3.63) is 46.7 Å². The van der Waals surface area contributed by atoms with Crippen molar-refractivity contribution in [2.45, 2.75) is 6.92 Å². The van der Waals surface area contributed by atoms with E-state index in [4.69, 9.17) is 9.47 Å². The van der Waals surface area contributed by atoms with Crippen LogP contribution in [0.2, 0.25) is 0 Å². The highest BCUT2D eigenvalue weighted by Gasteiger charge is 2.21. The maximum atomic E-state index is 12.9. The highest BCUT2D eigenvalue weighted by molar-refractivity contribution is 7.19. The van der Waals surface area contributed by atoms with Crippen LogP contribution in [0.15, 0.2) is 30.6 Å². The number of carbonyl (C=O) groups excluding carboxylic acids is 2. The van der Waals surface area contributed by atoms with Gasteiger partial charge < -0.3 is 14.8 Å². The van der Waals surface area contributed by atoms with Gasteiger partial charge in [-0.3, -0.25) is 9.78 Å². The molecule has 2 heterocycles. The van der Waals surface area contributed by atoms with E-state index in [9.17, 15) is 9.59 Å². The number of pyridine rings is 1. The van der Waals surface area contributed by atoms with Crippen molar-refractivity contribution in [2.24, 2.45) is 0 Å². The van der Waals surface area contributed by atoms with E-state index >= 15 is 0 Å². The maximum Gasteiger partial charge on any atom is 0.340 e. The standard InChI is InChI=1S/C17H15N3O4S/c1-9-19-11-4-5-13(23-2)14(15(11)25-9)16(21)20-12-8-18-7-6-10(12)17(22)24-3/h4-8H,1-3H3,(H,20,21). The lowest BCUT2D eigenvalue weighted by Gasteiger charge is -2.12. The number of nitrogens with zero attached hydrogens (tertiary/aromatic N) is 2. The number of aromatic nitrogens is 2. The summed E-state index contributed by atoms with van der Waals surface area (Å²) in [5.41, 5.74) is 1.57. The number of carbonyl (C=O) groups is 2. The van der Waals surface area contributed by atoms with Crippen LogP contribution in [0, 0.1) is 6.92 Å². The summed E-state index contributed by atoms with van der Waals surface area (Å²) in [6, 6.07) is 4.98. The fraction of sp³-hybridized carbons (Fsp3) is 0.176. The lowest BCUT2D eigenvalue weighted by molar-refractivity contribution is 0.0602. The molecule has 0 atom stereocenters. The first-order valence-electron chi connectivity index (χ1n) is 7.33. The van der Waals surface area contributed by atoms with E-state index in [-0.39, 0.29) is 11.3 Å². The van der Waals surface area contributed by atoms with E-state index in [1.165, 1.54) is 44.0 Å². The number of anilines is 1. The van der Waals surface area contributed by atoms with Crippen LogP contribution in [0.1, 0.15) is 25.7 Å². The van der Waals surface area contributed by atoms with Gasteiger partial charge in [-0.15, -0.1) is 11.3 Å². The summed E-state index contributed by atoms with van der Waals surface area (Å²) in [4.78, 5) is 33.1. The molecule has 1 N–H and O–H groups in total. The van der Waals surface area contributed by atoms with Gasteiger partial charge in [-0.1, -0.05) is 0 Å². The molecule has 0 radical (unpaired) electrons. The summed E-state index contributed by atoms with van der Waals surface area (Å²) < 4.78 is 10.8. The lowest BCUT2D eigenvalue weighted by atomic mass is 10.1. The first-order chi connectivity index (χ1) is 12.0. The molecule has 128 valence electrons. The third-order valence-electron chi connectivity index (χ3n) is 3.55. The van der Waals surface area contributed by atoms with Crippen molar-refractivity contribution in [3.8, 4) is 5.75 Å². The number of aryl methyl sites for hydroxylation is 1. The molecule has 3 aromatic rings. The monoisotopic (exact) mass is 357 g/mol. The molecule has 7 nitrogen and oxygen atoms in total. The Morgan fingerprint density at radius 3 is 2.72 bits per heavy atom. The maximum absolute atomic E-state index is 12.9. The number of thiazole rings is 1. The minimum atomic E-state index is -0.559. The number of benzene rings is 1. The van der Waals surface area contributed by atoms with Crippen LogP contribution in [0.3, 0.4) is 0 Å². The average molecular weight is 357 g/mol. The number of rotatable bonds is 4. The van der Waals surface area contributed by atoms with Crippen LogP contribution in [-0.2, 0) is 4.74 Å². The summed E-state index contributed by atoms with van der Waals surface area (Å²) in [5.74, 6) is -0.544. The highest BCUT2D eigenvalue weighted by Crippen LogP contribution is 2.33. The minimum Gasteiger partial charge on any atom is -0.496 e. The smallest absolute Gasteiger partial charge is 0.340 e. The van der Waals surface area contributed by atoms with Crippen molar-refractivity contribution in [3.63, 3.8) is 0 Å². The molecule has 0 aliphatic rings. The molecule has 0 fully saturated rings. The molecule has 3 rings (SSSR count). The Morgan fingerprint density at radius 2 is 2.00 bits per heavy atom. The lowest BCUT2D eigenvalue weighted by Crippen LogP contribution is -2.16. The van der Waals surface area contributed by atoms with Crippen LogP contribution in [-0.4, -0.2) is 36.1 Å². The molecule has 0 aliphatic carbocycles. The number of hydrogen-bond acceptors (Lipinski definition) is 7. The molecule has 1 amide bonds. The number of hydrogen-bond donors (Lipinski definition) is 1. The van der Waals surface area contributed by atoms with Gasteiger partial charge in [-0.25, -0.2) is 9.78 Å². The van der Waals surface area contributed by atoms with Gasteiger partial charge in [0.15, 0.2) is 0 Å². The molecular weight excluding hydrogens is 342 g/mol. The van der Waals surface area contributed by atoms with Crippen LogP contribution >= 0.6 is 11.3 Å². The molecule has 0 unspecified atom stereocenters. The van der Waals surface area contributed by atoms with E-state index in [2.05, 4.69) is 15.3 Å². The highest BCUT2D eigenvalue weighted by atomic mass is 32.1. The second-order valence-electron chi connectivity index (χ2n) is 5.09. The predicted molar refractivity (Wildman–Crippen MR) is 94.4 cm³/mol. The van der Waals surface area contributed by atoms with E-state index in [0.717, 1.165) is 9.71 Å². The Balaban J connectivity index is 2.05. The van der Waals surface area contributed by atoms with Crippen molar-refractivity contribution < 1.29 is 19.1 Å². The Hall–Kier alpha value is -3.00. The number of ether oxygens (including phenoxy) is 2. The van der Waals surface area contributed by atoms with Gasteiger partial charge in [0.25, 0.3) is 5.91 Å². The molecule has 25 heavy (non-hydrogen) atoms. The summed E-state index contributed by atoms with van der Waals surface area (Å²) in [7, 11) is 2.77. The number of esters is 1. The predicted octanol–water partition coefficient (Wildman–Crippen LogP) is 3.05. The third kappa shape index (κ3) is 3.16. The SMILES string of the molecule is COC(=O)c1ccncc1NC(=O)c1c(OC)ccc2nc(C)sc12. The van der Waals surface area contributed by atoms with Gasteiger partial charge in [0.05, 0.1) is 46.9 Å². The number of methoxy groups -OCH3 is 2. The van der Waals surface area contributed by atoms with Gasteiger partial charge in [-0.05, 0) is 25.1 Å². The molecule has 8 heteroatoms.